The van der Waals surface area contributed by atoms with Crippen molar-refractivity contribution in [3.8, 4) is 0 Å². The molecule has 1 aromatic rings. The molecule has 0 aliphatic heterocycles. The number of hydrogen-bond donors (Lipinski definition) is 0. The maximum absolute atomic E-state index is 10.8. The van der Waals surface area contributed by atoms with Gasteiger partial charge in [-0.05, 0) is 39.6 Å². The Balaban J connectivity index is 2.26. The van der Waals surface area contributed by atoms with E-state index in [2.05, 4.69) is 28.0 Å². The highest BCUT2D eigenvalue weighted by molar-refractivity contribution is 9.10. The summed E-state index contributed by atoms with van der Waals surface area (Å²) in [6.07, 6.45) is 7.58. The minimum atomic E-state index is -0.440. The van der Waals surface area contributed by atoms with E-state index in [4.69, 9.17) is 0 Å². The summed E-state index contributed by atoms with van der Waals surface area (Å²) in [5.41, 5.74) is 0. The molecule has 1 aromatic heterocycles. The van der Waals surface area contributed by atoms with Gasteiger partial charge in [0.15, 0.2) is 0 Å². The second kappa shape index (κ2) is 5.16. The van der Waals surface area contributed by atoms with Crippen LogP contribution < -0.4 is 0 Å². The van der Waals surface area contributed by atoms with E-state index in [0.717, 1.165) is 12.8 Å². The summed E-state index contributed by atoms with van der Waals surface area (Å²) in [4.78, 5) is 10.3. The Morgan fingerprint density at radius 3 is 2.88 bits per heavy atom. The van der Waals surface area contributed by atoms with E-state index < -0.39 is 4.92 Å². The molecule has 0 spiro atoms. The van der Waals surface area contributed by atoms with Crippen LogP contribution in [0.5, 0.6) is 0 Å². The predicted octanol–water partition coefficient (Wildman–Crippen LogP) is 3.70. The molecule has 1 fully saturated rings. The van der Waals surface area contributed by atoms with Gasteiger partial charge in [0.2, 0.25) is 0 Å². The van der Waals surface area contributed by atoms with Crippen LogP contribution in [0.3, 0.4) is 0 Å². The third kappa shape index (κ3) is 2.51. The molecule has 1 aliphatic rings. The van der Waals surface area contributed by atoms with Gasteiger partial charge in [0.1, 0.15) is 4.47 Å². The van der Waals surface area contributed by atoms with Gasteiger partial charge in [0.25, 0.3) is 0 Å². The van der Waals surface area contributed by atoms with Gasteiger partial charge in [0, 0.05) is 0 Å². The lowest BCUT2D eigenvalue weighted by molar-refractivity contribution is -0.390. The van der Waals surface area contributed by atoms with E-state index in [0.29, 0.717) is 16.4 Å². The highest BCUT2D eigenvalue weighted by Crippen LogP contribution is 2.37. The van der Waals surface area contributed by atoms with Gasteiger partial charge in [0.05, 0.1) is 17.3 Å². The lowest BCUT2D eigenvalue weighted by atomic mass is 9.83. The molecule has 0 aromatic carbocycles. The van der Waals surface area contributed by atoms with E-state index in [-0.39, 0.29) is 5.82 Å². The highest BCUT2D eigenvalue weighted by atomic mass is 79.9. The van der Waals surface area contributed by atoms with Gasteiger partial charge in [-0.3, -0.25) is 0 Å². The maximum Gasteiger partial charge on any atom is 0.404 e. The van der Waals surface area contributed by atoms with Crippen molar-refractivity contribution in [2.24, 2.45) is 5.92 Å². The van der Waals surface area contributed by atoms with Crippen LogP contribution in [0.15, 0.2) is 10.7 Å². The average molecular weight is 302 g/mol. The number of aromatic nitrogens is 2. The van der Waals surface area contributed by atoms with Crippen molar-refractivity contribution in [2.45, 2.75) is 45.1 Å². The molecular formula is C11H16BrN3O2. The van der Waals surface area contributed by atoms with Crippen molar-refractivity contribution >= 4 is 21.7 Å². The molecule has 0 bridgehead atoms. The van der Waals surface area contributed by atoms with Crippen LogP contribution in [0.2, 0.25) is 0 Å². The smallest absolute Gasteiger partial charge is 0.358 e. The van der Waals surface area contributed by atoms with Crippen molar-refractivity contribution < 1.29 is 4.92 Å². The van der Waals surface area contributed by atoms with Crippen LogP contribution in [-0.4, -0.2) is 14.7 Å². The largest absolute Gasteiger partial charge is 0.404 e. The summed E-state index contributed by atoms with van der Waals surface area (Å²) in [5, 5.41) is 14.9. The molecule has 0 saturated heterocycles. The Morgan fingerprint density at radius 1 is 1.59 bits per heavy atom. The molecule has 5 nitrogen and oxygen atoms in total. The zero-order valence-corrected chi connectivity index (χ0v) is 11.4. The minimum Gasteiger partial charge on any atom is -0.358 e. The van der Waals surface area contributed by atoms with E-state index in [1.807, 2.05) is 0 Å². The molecule has 17 heavy (non-hydrogen) atoms. The van der Waals surface area contributed by atoms with E-state index >= 15 is 0 Å². The topological polar surface area (TPSA) is 61.0 Å². The van der Waals surface area contributed by atoms with Crippen molar-refractivity contribution in [1.29, 1.82) is 0 Å². The molecule has 6 heteroatoms. The Labute approximate surface area is 108 Å². The third-order valence-electron chi connectivity index (χ3n) is 3.58. The van der Waals surface area contributed by atoms with Crippen molar-refractivity contribution in [2.75, 3.05) is 0 Å². The van der Waals surface area contributed by atoms with Crippen LogP contribution >= 0.6 is 15.9 Å². The van der Waals surface area contributed by atoms with E-state index in [1.54, 1.807) is 10.9 Å². The first-order valence-electron chi connectivity index (χ1n) is 6.02. The average Bonchev–Trinajstić information content (AvgIpc) is 2.71. The molecule has 1 heterocycles. The van der Waals surface area contributed by atoms with Crippen LogP contribution in [0.4, 0.5) is 5.82 Å². The molecule has 2 rings (SSSR count). The van der Waals surface area contributed by atoms with Crippen LogP contribution in [0, 0.1) is 16.0 Å². The molecule has 2 unspecified atom stereocenters. The van der Waals surface area contributed by atoms with Crippen LogP contribution in [0.25, 0.3) is 0 Å². The van der Waals surface area contributed by atoms with Crippen molar-refractivity contribution in [1.82, 2.24) is 9.78 Å². The lowest BCUT2D eigenvalue weighted by Crippen LogP contribution is -2.23. The summed E-state index contributed by atoms with van der Waals surface area (Å²) in [6.45, 7) is 2.18. The fourth-order valence-electron chi connectivity index (χ4n) is 2.67. The fourth-order valence-corrected chi connectivity index (χ4v) is 3.10. The summed E-state index contributed by atoms with van der Waals surface area (Å²) in [6, 6.07) is 0.318. The van der Waals surface area contributed by atoms with Crippen LogP contribution in [-0.2, 0) is 0 Å². The Hall–Kier alpha value is -0.910. The molecule has 0 radical (unpaired) electrons. The molecule has 0 amide bonds. The summed E-state index contributed by atoms with van der Waals surface area (Å²) in [5.74, 6) is 0.514. The molecular weight excluding hydrogens is 286 g/mol. The van der Waals surface area contributed by atoms with Gasteiger partial charge in [-0.15, -0.1) is 0 Å². The standard InChI is InChI=1S/C11H16BrN3O2/c1-2-8-5-3-4-6-10(8)14-7-9(12)11(13-14)15(16)17/h7-8,10H,2-6H2,1H3. The van der Waals surface area contributed by atoms with E-state index in [1.165, 1.54) is 19.3 Å². The van der Waals surface area contributed by atoms with E-state index in [9.17, 15) is 10.1 Å². The van der Waals surface area contributed by atoms with Gasteiger partial charge >= 0.3 is 5.82 Å². The number of halogens is 1. The van der Waals surface area contributed by atoms with Crippen LogP contribution in [0.1, 0.15) is 45.1 Å². The first-order valence-corrected chi connectivity index (χ1v) is 6.81. The third-order valence-corrected chi connectivity index (χ3v) is 4.13. The number of hydrogen-bond acceptors (Lipinski definition) is 3. The molecule has 1 saturated carbocycles. The monoisotopic (exact) mass is 301 g/mol. The van der Waals surface area contributed by atoms with Gasteiger partial charge in [-0.1, -0.05) is 26.2 Å². The lowest BCUT2D eigenvalue weighted by Gasteiger charge is -2.28. The molecule has 2 atom stereocenters. The Kier molecular flexibility index (Phi) is 3.81. The van der Waals surface area contributed by atoms with Gasteiger partial charge < -0.3 is 10.1 Å². The SMILES string of the molecule is CCC1CCCCC1n1cc(Br)c([N+](=O)[O-])n1. The predicted molar refractivity (Wildman–Crippen MR) is 67.9 cm³/mol. The van der Waals surface area contributed by atoms with Gasteiger partial charge in [-0.2, -0.15) is 4.68 Å². The molecule has 1 aliphatic carbocycles. The van der Waals surface area contributed by atoms with Crippen molar-refractivity contribution in [3.05, 3.63) is 20.8 Å². The molecule has 94 valence electrons. The fraction of sp³-hybridized carbons (Fsp3) is 0.727. The summed E-state index contributed by atoms with van der Waals surface area (Å²) < 4.78 is 2.26. The second-order valence-corrected chi connectivity index (χ2v) is 5.41. The van der Waals surface area contributed by atoms with Gasteiger partial charge in [-0.25, -0.2) is 0 Å². The zero-order chi connectivity index (χ0) is 12.4. The normalized spacial score (nSPS) is 24.8. The Bertz CT molecular complexity index is 419. The second-order valence-electron chi connectivity index (χ2n) is 4.56. The first-order chi connectivity index (χ1) is 8.13. The zero-order valence-electron chi connectivity index (χ0n) is 9.80. The number of rotatable bonds is 3. The summed E-state index contributed by atoms with van der Waals surface area (Å²) in [7, 11) is 0. The Morgan fingerprint density at radius 2 is 2.29 bits per heavy atom. The minimum absolute atomic E-state index is 0.0783. The number of nitro groups is 1. The maximum atomic E-state index is 10.8. The first kappa shape index (κ1) is 12.5. The van der Waals surface area contributed by atoms with Crippen molar-refractivity contribution in [3.63, 3.8) is 0 Å². The summed E-state index contributed by atoms with van der Waals surface area (Å²) >= 11 is 3.20. The highest BCUT2D eigenvalue weighted by Gasteiger charge is 2.30. The quantitative estimate of drug-likeness (QED) is 0.632. The molecule has 0 N–H and O–H groups in total. The number of nitrogens with zero attached hydrogens (tertiary/aromatic N) is 3.